The zero-order chi connectivity index (χ0) is 22.0. The number of amides is 1. The number of carbonyl (C=O) groups excluding carboxylic acids is 1. The second-order valence-electron chi connectivity index (χ2n) is 7.23. The van der Waals surface area contributed by atoms with Gasteiger partial charge >= 0.3 is 0 Å². The molecule has 6 nitrogen and oxygen atoms in total. The van der Waals surface area contributed by atoms with Crippen LogP contribution >= 0.6 is 11.8 Å². The summed E-state index contributed by atoms with van der Waals surface area (Å²) < 4.78 is 27.4. The van der Waals surface area contributed by atoms with E-state index in [-0.39, 0.29) is 23.6 Å². The number of ether oxygens (including phenoxy) is 2. The van der Waals surface area contributed by atoms with Crippen LogP contribution in [0.2, 0.25) is 0 Å². The van der Waals surface area contributed by atoms with Crippen molar-refractivity contribution in [1.82, 2.24) is 9.78 Å². The molecule has 1 unspecified atom stereocenters. The Hall–Kier alpha value is -3.00. The van der Waals surface area contributed by atoms with Crippen LogP contribution in [0.1, 0.15) is 34.6 Å². The number of halogens is 1. The van der Waals surface area contributed by atoms with E-state index in [0.717, 1.165) is 22.6 Å². The molecule has 0 fully saturated rings. The van der Waals surface area contributed by atoms with Gasteiger partial charge in [0.05, 0.1) is 23.3 Å². The van der Waals surface area contributed by atoms with E-state index in [9.17, 15) is 9.18 Å². The molecule has 0 saturated heterocycles. The second kappa shape index (κ2) is 9.01. The van der Waals surface area contributed by atoms with Gasteiger partial charge in [-0.2, -0.15) is 5.10 Å². The minimum Gasteiger partial charge on any atom is -0.490 e. The van der Waals surface area contributed by atoms with Gasteiger partial charge in [-0.05, 0) is 37.6 Å². The smallest absolute Gasteiger partial charge is 0.235 e. The highest BCUT2D eigenvalue weighted by molar-refractivity contribution is 8.00. The Morgan fingerprint density at radius 1 is 1.23 bits per heavy atom. The monoisotopic (exact) mass is 441 g/mol. The Morgan fingerprint density at radius 3 is 2.81 bits per heavy atom. The number of nitrogens with zero attached hydrogens (tertiary/aromatic N) is 2. The minimum absolute atomic E-state index is 0.0494. The number of nitrogens with one attached hydrogen (secondary N) is 1. The molecule has 1 aromatic heterocycles. The number of carbonyl (C=O) groups is 1. The van der Waals surface area contributed by atoms with E-state index < -0.39 is 0 Å². The molecule has 31 heavy (non-hydrogen) atoms. The lowest BCUT2D eigenvalue weighted by Crippen LogP contribution is -2.15. The Morgan fingerprint density at radius 2 is 2.03 bits per heavy atom. The highest BCUT2D eigenvalue weighted by atomic mass is 32.2. The SMILES string of the molecule is CCOc1cc(C2SCC(=O)Nc3c2c(C)nn3C)ccc1OCc1ccccc1F. The van der Waals surface area contributed by atoms with E-state index in [1.807, 2.05) is 39.1 Å². The number of rotatable bonds is 6. The van der Waals surface area contributed by atoms with Gasteiger partial charge in [-0.15, -0.1) is 11.8 Å². The molecule has 0 radical (unpaired) electrons. The first-order chi connectivity index (χ1) is 15.0. The minimum atomic E-state index is -0.302. The molecule has 2 heterocycles. The number of anilines is 1. The Bertz CT molecular complexity index is 1120. The molecule has 0 saturated carbocycles. The average Bonchev–Trinajstić information content (AvgIpc) is 2.91. The molecule has 3 aromatic rings. The average molecular weight is 442 g/mol. The molecule has 1 aliphatic rings. The highest BCUT2D eigenvalue weighted by Gasteiger charge is 2.30. The van der Waals surface area contributed by atoms with Crippen LogP contribution in [0.4, 0.5) is 10.2 Å². The first kappa shape index (κ1) is 21.2. The summed E-state index contributed by atoms with van der Waals surface area (Å²) in [6.45, 7) is 4.42. The largest absolute Gasteiger partial charge is 0.490 e. The number of fused-ring (bicyclic) bond motifs is 1. The normalized spacial score (nSPS) is 15.7. The van der Waals surface area contributed by atoms with E-state index in [1.54, 1.807) is 34.6 Å². The zero-order valence-electron chi connectivity index (χ0n) is 17.6. The fourth-order valence-electron chi connectivity index (χ4n) is 3.66. The molecule has 0 bridgehead atoms. The summed E-state index contributed by atoms with van der Waals surface area (Å²) >= 11 is 1.55. The van der Waals surface area contributed by atoms with Crippen molar-refractivity contribution in [3.8, 4) is 11.5 Å². The first-order valence-electron chi connectivity index (χ1n) is 10.1. The lowest BCUT2D eigenvalue weighted by Gasteiger charge is -2.18. The number of thioether (sulfide) groups is 1. The van der Waals surface area contributed by atoms with Gasteiger partial charge in [0, 0.05) is 18.2 Å². The van der Waals surface area contributed by atoms with Crippen LogP contribution in [0.15, 0.2) is 42.5 Å². The van der Waals surface area contributed by atoms with Gasteiger partial charge < -0.3 is 14.8 Å². The summed E-state index contributed by atoms with van der Waals surface area (Å²) in [5, 5.41) is 7.36. The number of hydrogen-bond donors (Lipinski definition) is 1. The summed E-state index contributed by atoms with van der Waals surface area (Å²) in [7, 11) is 1.82. The number of hydrogen-bond acceptors (Lipinski definition) is 5. The summed E-state index contributed by atoms with van der Waals surface area (Å²) in [6, 6.07) is 12.3. The maximum atomic E-state index is 13.9. The van der Waals surface area contributed by atoms with Crippen molar-refractivity contribution < 1.29 is 18.7 Å². The van der Waals surface area contributed by atoms with Crippen LogP contribution in [0.3, 0.4) is 0 Å². The lowest BCUT2D eigenvalue weighted by atomic mass is 10.0. The highest BCUT2D eigenvalue weighted by Crippen LogP contribution is 2.45. The molecule has 1 N–H and O–H groups in total. The van der Waals surface area contributed by atoms with Gasteiger partial charge in [-0.25, -0.2) is 4.39 Å². The third-order valence-electron chi connectivity index (χ3n) is 5.08. The predicted molar refractivity (Wildman–Crippen MR) is 119 cm³/mol. The number of aromatic nitrogens is 2. The van der Waals surface area contributed by atoms with Crippen molar-refractivity contribution in [2.24, 2.45) is 7.05 Å². The van der Waals surface area contributed by atoms with Gasteiger partial charge in [0.2, 0.25) is 5.91 Å². The van der Waals surface area contributed by atoms with E-state index in [2.05, 4.69) is 10.4 Å². The van der Waals surface area contributed by atoms with Crippen LogP contribution in [-0.2, 0) is 18.4 Å². The van der Waals surface area contributed by atoms with Gasteiger partial charge in [0.15, 0.2) is 11.5 Å². The Balaban J connectivity index is 1.66. The molecule has 0 spiro atoms. The van der Waals surface area contributed by atoms with E-state index in [4.69, 9.17) is 9.47 Å². The fourth-order valence-corrected chi connectivity index (χ4v) is 4.83. The topological polar surface area (TPSA) is 65.4 Å². The zero-order valence-corrected chi connectivity index (χ0v) is 18.5. The van der Waals surface area contributed by atoms with Crippen molar-refractivity contribution in [2.45, 2.75) is 25.7 Å². The molecule has 1 amide bonds. The van der Waals surface area contributed by atoms with Crippen molar-refractivity contribution >= 4 is 23.5 Å². The van der Waals surface area contributed by atoms with Gasteiger partial charge in [-0.3, -0.25) is 9.48 Å². The molecule has 0 aliphatic carbocycles. The fraction of sp³-hybridized carbons (Fsp3) is 0.304. The molecule has 162 valence electrons. The molecular formula is C23H24FN3O3S. The third kappa shape index (κ3) is 4.39. The van der Waals surface area contributed by atoms with Crippen molar-refractivity contribution in [3.05, 3.63) is 70.7 Å². The summed E-state index contributed by atoms with van der Waals surface area (Å²) in [5.41, 5.74) is 3.32. The summed E-state index contributed by atoms with van der Waals surface area (Å²) in [4.78, 5) is 12.2. The quantitative estimate of drug-likeness (QED) is 0.605. The van der Waals surface area contributed by atoms with Crippen molar-refractivity contribution in [1.29, 1.82) is 0 Å². The third-order valence-corrected chi connectivity index (χ3v) is 6.35. The second-order valence-corrected chi connectivity index (χ2v) is 8.32. The maximum absolute atomic E-state index is 13.9. The van der Waals surface area contributed by atoms with Crippen LogP contribution in [0.25, 0.3) is 0 Å². The van der Waals surface area contributed by atoms with E-state index in [0.29, 0.717) is 29.4 Å². The van der Waals surface area contributed by atoms with Crippen LogP contribution in [0, 0.1) is 12.7 Å². The summed E-state index contributed by atoms with van der Waals surface area (Å²) in [6.07, 6.45) is 0. The van der Waals surface area contributed by atoms with Crippen molar-refractivity contribution in [2.75, 3.05) is 17.7 Å². The van der Waals surface area contributed by atoms with Crippen LogP contribution < -0.4 is 14.8 Å². The molecule has 1 aliphatic heterocycles. The van der Waals surface area contributed by atoms with E-state index >= 15 is 0 Å². The summed E-state index contributed by atoms with van der Waals surface area (Å²) in [5.74, 6) is 1.84. The predicted octanol–water partition coefficient (Wildman–Crippen LogP) is 4.62. The standard InChI is InChI=1S/C23H24FN3O3S/c1-4-29-19-11-15(9-10-18(19)30-12-16-7-5-6-8-17(16)24)22-21-14(2)26-27(3)23(21)25-20(28)13-31-22/h5-11,22H,4,12-13H2,1-3H3,(H,25,28). The lowest BCUT2D eigenvalue weighted by molar-refractivity contribution is -0.113. The Labute approximate surface area is 184 Å². The number of aryl methyl sites for hydroxylation is 2. The molecular weight excluding hydrogens is 417 g/mol. The number of benzene rings is 2. The van der Waals surface area contributed by atoms with Crippen LogP contribution in [-0.4, -0.2) is 28.0 Å². The van der Waals surface area contributed by atoms with Gasteiger partial charge in [0.25, 0.3) is 0 Å². The maximum Gasteiger partial charge on any atom is 0.235 e. The van der Waals surface area contributed by atoms with Crippen molar-refractivity contribution in [3.63, 3.8) is 0 Å². The van der Waals surface area contributed by atoms with Crippen LogP contribution in [0.5, 0.6) is 11.5 Å². The molecule has 8 heteroatoms. The molecule has 2 aromatic carbocycles. The molecule has 1 atom stereocenters. The first-order valence-corrected chi connectivity index (χ1v) is 11.1. The molecule has 4 rings (SSSR count). The van der Waals surface area contributed by atoms with E-state index in [1.165, 1.54) is 6.07 Å². The Kier molecular flexibility index (Phi) is 6.18. The van der Waals surface area contributed by atoms with Gasteiger partial charge in [0.1, 0.15) is 18.2 Å². The van der Waals surface area contributed by atoms with Gasteiger partial charge in [-0.1, -0.05) is 24.3 Å².